The summed E-state index contributed by atoms with van der Waals surface area (Å²) in [4.78, 5) is 12.0. The number of aryl methyl sites for hydroxylation is 1. The molecule has 3 rings (SSSR count). The van der Waals surface area contributed by atoms with Crippen molar-refractivity contribution in [2.45, 2.75) is 13.0 Å². The molecule has 0 aliphatic rings. The van der Waals surface area contributed by atoms with Gasteiger partial charge in [-0.3, -0.25) is 4.79 Å². The molecule has 1 aromatic carbocycles. The van der Waals surface area contributed by atoms with Crippen LogP contribution >= 0.6 is 0 Å². The lowest BCUT2D eigenvalue weighted by Crippen LogP contribution is -2.25. The molecule has 0 atom stereocenters. The summed E-state index contributed by atoms with van der Waals surface area (Å²) in [5.41, 5.74) is 1.16. The largest absolute Gasteiger partial charge is 0.351 e. The van der Waals surface area contributed by atoms with E-state index in [1.165, 1.54) is 0 Å². The molecule has 2 aromatic heterocycles. The second-order valence-corrected chi connectivity index (χ2v) is 4.69. The standard InChI is InChI=1S/C14H15N7O/c22-14(15-7-4-8-20-10-16-17-11-20)13-9-21(19-18-13)12-5-2-1-3-6-12/h1-3,5-6,9-11H,4,7-8H2,(H,15,22). The van der Waals surface area contributed by atoms with Crippen molar-refractivity contribution in [3.63, 3.8) is 0 Å². The third kappa shape index (κ3) is 3.35. The summed E-state index contributed by atoms with van der Waals surface area (Å²) in [5, 5.41) is 18.1. The number of hydrogen-bond acceptors (Lipinski definition) is 5. The molecule has 0 radical (unpaired) electrons. The van der Waals surface area contributed by atoms with Gasteiger partial charge in [-0.25, -0.2) is 4.68 Å². The third-order valence-corrected chi connectivity index (χ3v) is 3.09. The van der Waals surface area contributed by atoms with Crippen LogP contribution in [0.5, 0.6) is 0 Å². The molecular formula is C14H15N7O. The fourth-order valence-corrected chi connectivity index (χ4v) is 1.97. The fraction of sp³-hybridized carbons (Fsp3) is 0.214. The van der Waals surface area contributed by atoms with E-state index >= 15 is 0 Å². The second kappa shape index (κ2) is 6.61. The minimum atomic E-state index is -0.231. The minimum absolute atomic E-state index is 0.231. The van der Waals surface area contributed by atoms with Crippen molar-refractivity contribution >= 4 is 5.91 Å². The predicted molar refractivity (Wildman–Crippen MR) is 78.3 cm³/mol. The van der Waals surface area contributed by atoms with E-state index in [-0.39, 0.29) is 5.91 Å². The first-order chi connectivity index (χ1) is 10.8. The molecule has 3 aromatic rings. The van der Waals surface area contributed by atoms with Gasteiger partial charge in [-0.2, -0.15) is 0 Å². The van der Waals surface area contributed by atoms with Gasteiger partial charge in [-0.05, 0) is 18.6 Å². The molecule has 0 bridgehead atoms. The second-order valence-electron chi connectivity index (χ2n) is 4.69. The molecule has 0 aliphatic heterocycles. The maximum Gasteiger partial charge on any atom is 0.273 e. The van der Waals surface area contributed by atoms with Gasteiger partial charge in [0.1, 0.15) is 12.7 Å². The number of benzene rings is 1. The van der Waals surface area contributed by atoms with Gasteiger partial charge in [0.25, 0.3) is 5.91 Å². The van der Waals surface area contributed by atoms with E-state index in [1.807, 2.05) is 34.9 Å². The predicted octanol–water partition coefficient (Wildman–Crippen LogP) is 0.679. The molecular weight excluding hydrogens is 282 g/mol. The van der Waals surface area contributed by atoms with Crippen LogP contribution in [0.3, 0.4) is 0 Å². The van der Waals surface area contributed by atoms with Crippen LogP contribution in [0.2, 0.25) is 0 Å². The Balaban J connectivity index is 1.51. The molecule has 0 unspecified atom stereocenters. The van der Waals surface area contributed by atoms with Gasteiger partial charge in [-0.15, -0.1) is 15.3 Å². The Morgan fingerprint density at radius 1 is 1.14 bits per heavy atom. The van der Waals surface area contributed by atoms with Crippen molar-refractivity contribution < 1.29 is 4.79 Å². The van der Waals surface area contributed by atoms with Crippen LogP contribution in [0.1, 0.15) is 16.9 Å². The molecule has 1 N–H and O–H groups in total. The van der Waals surface area contributed by atoms with E-state index < -0.39 is 0 Å². The first-order valence-corrected chi connectivity index (χ1v) is 6.91. The van der Waals surface area contributed by atoms with Gasteiger partial charge in [0, 0.05) is 13.1 Å². The van der Waals surface area contributed by atoms with Crippen LogP contribution in [-0.4, -0.2) is 42.2 Å². The summed E-state index contributed by atoms with van der Waals surface area (Å²) in [6, 6.07) is 9.53. The third-order valence-electron chi connectivity index (χ3n) is 3.09. The number of para-hydroxylation sites is 1. The van der Waals surface area contributed by atoms with Crippen molar-refractivity contribution in [1.29, 1.82) is 0 Å². The zero-order valence-electron chi connectivity index (χ0n) is 11.8. The summed E-state index contributed by atoms with van der Waals surface area (Å²) < 4.78 is 3.43. The monoisotopic (exact) mass is 297 g/mol. The normalized spacial score (nSPS) is 10.5. The number of nitrogens with zero attached hydrogens (tertiary/aromatic N) is 6. The molecule has 0 saturated carbocycles. The van der Waals surface area contributed by atoms with Crippen molar-refractivity contribution in [3.8, 4) is 5.69 Å². The first-order valence-electron chi connectivity index (χ1n) is 6.91. The Morgan fingerprint density at radius 3 is 2.68 bits per heavy atom. The van der Waals surface area contributed by atoms with Crippen molar-refractivity contribution in [2.75, 3.05) is 6.54 Å². The molecule has 0 fully saturated rings. The zero-order chi connectivity index (χ0) is 15.2. The highest BCUT2D eigenvalue weighted by Crippen LogP contribution is 2.05. The lowest BCUT2D eigenvalue weighted by atomic mass is 10.3. The van der Waals surface area contributed by atoms with E-state index in [2.05, 4.69) is 25.8 Å². The lowest BCUT2D eigenvalue weighted by Gasteiger charge is -2.03. The summed E-state index contributed by atoms with van der Waals surface area (Å²) in [5.74, 6) is -0.231. The van der Waals surface area contributed by atoms with E-state index in [1.54, 1.807) is 23.5 Å². The Kier molecular flexibility index (Phi) is 4.19. The molecule has 22 heavy (non-hydrogen) atoms. The SMILES string of the molecule is O=C(NCCCn1cnnc1)c1cn(-c2ccccc2)nn1. The van der Waals surface area contributed by atoms with E-state index in [4.69, 9.17) is 0 Å². The average molecular weight is 297 g/mol. The smallest absolute Gasteiger partial charge is 0.273 e. The molecule has 8 nitrogen and oxygen atoms in total. The summed E-state index contributed by atoms with van der Waals surface area (Å²) in [7, 11) is 0. The van der Waals surface area contributed by atoms with Gasteiger partial charge in [0.2, 0.25) is 0 Å². The Labute approximate surface area is 126 Å². The zero-order valence-corrected chi connectivity index (χ0v) is 11.8. The van der Waals surface area contributed by atoms with Gasteiger partial charge >= 0.3 is 0 Å². The number of rotatable bonds is 6. The van der Waals surface area contributed by atoms with Crippen molar-refractivity contribution in [1.82, 2.24) is 35.1 Å². The summed E-state index contributed by atoms with van der Waals surface area (Å²) >= 11 is 0. The highest BCUT2D eigenvalue weighted by Gasteiger charge is 2.10. The first kappa shape index (κ1) is 13.9. The van der Waals surface area contributed by atoms with Gasteiger partial charge < -0.3 is 9.88 Å². The Morgan fingerprint density at radius 2 is 1.91 bits per heavy atom. The van der Waals surface area contributed by atoms with Crippen LogP contribution in [-0.2, 0) is 6.54 Å². The number of carbonyl (C=O) groups is 1. The molecule has 2 heterocycles. The average Bonchev–Trinajstić information content (AvgIpc) is 3.24. The van der Waals surface area contributed by atoms with Gasteiger partial charge in [0.15, 0.2) is 5.69 Å². The van der Waals surface area contributed by atoms with Crippen LogP contribution in [0, 0.1) is 0 Å². The Bertz CT molecular complexity index is 721. The number of aromatic nitrogens is 6. The Hall–Kier alpha value is -3.03. The molecule has 0 spiro atoms. The quantitative estimate of drug-likeness (QED) is 0.676. The highest BCUT2D eigenvalue weighted by molar-refractivity contribution is 5.91. The van der Waals surface area contributed by atoms with Crippen LogP contribution in [0.25, 0.3) is 5.69 Å². The molecule has 0 aliphatic carbocycles. The topological polar surface area (TPSA) is 90.5 Å². The van der Waals surface area contributed by atoms with E-state index in [9.17, 15) is 4.79 Å². The number of hydrogen-bond donors (Lipinski definition) is 1. The molecule has 1 amide bonds. The van der Waals surface area contributed by atoms with Gasteiger partial charge in [-0.1, -0.05) is 23.4 Å². The minimum Gasteiger partial charge on any atom is -0.351 e. The molecule has 8 heteroatoms. The number of amides is 1. The maximum absolute atomic E-state index is 12.0. The van der Waals surface area contributed by atoms with Crippen LogP contribution < -0.4 is 5.32 Å². The van der Waals surface area contributed by atoms with E-state index in [0.29, 0.717) is 12.2 Å². The van der Waals surface area contributed by atoms with Crippen molar-refractivity contribution in [2.24, 2.45) is 0 Å². The lowest BCUT2D eigenvalue weighted by molar-refractivity contribution is 0.0947. The fourth-order valence-electron chi connectivity index (χ4n) is 1.97. The van der Waals surface area contributed by atoms with Crippen LogP contribution in [0.15, 0.2) is 49.2 Å². The summed E-state index contributed by atoms with van der Waals surface area (Å²) in [6.45, 7) is 1.30. The van der Waals surface area contributed by atoms with Gasteiger partial charge in [0.05, 0.1) is 11.9 Å². The van der Waals surface area contributed by atoms with Crippen LogP contribution in [0.4, 0.5) is 0 Å². The number of nitrogens with one attached hydrogen (secondary N) is 1. The highest BCUT2D eigenvalue weighted by atomic mass is 16.2. The van der Waals surface area contributed by atoms with E-state index in [0.717, 1.165) is 18.7 Å². The van der Waals surface area contributed by atoms with Crippen molar-refractivity contribution in [3.05, 3.63) is 54.9 Å². The molecule has 112 valence electrons. The molecule has 0 saturated heterocycles. The summed E-state index contributed by atoms with van der Waals surface area (Å²) in [6.07, 6.45) is 5.70. The number of carbonyl (C=O) groups excluding carboxylic acids is 1. The maximum atomic E-state index is 12.0.